The molecule has 0 atom stereocenters. The second-order valence-electron chi connectivity index (χ2n) is 3.26. The van der Waals surface area contributed by atoms with Crippen LogP contribution in [0.15, 0.2) is 0 Å². The molecule has 1 heterocycles. The number of carbonyl (C=O) groups is 1. The largest absolute Gasteiger partial charge is 0.481 e. The molecule has 0 spiro atoms. The smallest absolute Gasteiger partial charge is 0.309 e. The van der Waals surface area contributed by atoms with Gasteiger partial charge in [0, 0.05) is 24.8 Å². The molecule has 0 aromatic carbocycles. The van der Waals surface area contributed by atoms with Crippen LogP contribution in [0.5, 0.6) is 0 Å². The monoisotopic (exact) mass is 151 g/mol. The van der Waals surface area contributed by atoms with Crippen LogP contribution in [0, 0.1) is 11.3 Å². The molecule has 1 radical (unpaired) electrons. The molecule has 4 heteroatoms. The van der Waals surface area contributed by atoms with E-state index in [0.29, 0.717) is 13.2 Å². The van der Waals surface area contributed by atoms with Gasteiger partial charge in [0.2, 0.25) is 0 Å². The van der Waals surface area contributed by atoms with E-state index in [1.165, 1.54) is 0 Å². The first kappa shape index (κ1) is 11.0. The van der Waals surface area contributed by atoms with Gasteiger partial charge in [-0.2, -0.15) is 0 Å². The quantitative estimate of drug-likeness (QED) is 0.579. The Bertz CT molecular complexity index is 152. The van der Waals surface area contributed by atoms with Crippen molar-refractivity contribution in [3.05, 3.63) is 0 Å². The fraction of sp³-hybridized carbons (Fsp3) is 0.857. The summed E-state index contributed by atoms with van der Waals surface area (Å²) in [5.41, 5.74) is -0.613. The zero-order valence-electron chi connectivity index (χ0n) is 7.26. The third-order valence-corrected chi connectivity index (χ3v) is 2.21. The van der Waals surface area contributed by atoms with Gasteiger partial charge in [-0.3, -0.25) is 4.79 Å². The number of hydrogen-bond donors (Lipinski definition) is 1. The first-order valence-corrected chi connectivity index (χ1v) is 3.36. The zero-order chi connectivity index (χ0) is 7.78. The Hall–Kier alpha value is 0.0274. The van der Waals surface area contributed by atoms with Gasteiger partial charge in [-0.15, -0.1) is 0 Å². The predicted molar refractivity (Wildman–Crippen MR) is 41.5 cm³/mol. The summed E-state index contributed by atoms with van der Waals surface area (Å²) < 4.78 is 4.91. The van der Waals surface area contributed by atoms with Crippen LogP contribution in [0.3, 0.4) is 0 Å². The summed E-state index contributed by atoms with van der Waals surface area (Å²) in [6, 6.07) is 0. The van der Waals surface area contributed by atoms with Gasteiger partial charge < -0.3 is 9.84 Å². The molecule has 0 saturated carbocycles. The van der Waals surface area contributed by atoms with Gasteiger partial charge in [0.1, 0.15) is 0 Å². The van der Waals surface area contributed by atoms with E-state index < -0.39 is 11.4 Å². The molecule has 0 bridgehead atoms. The predicted octanol–water partition coefficient (Wildman–Crippen LogP) is 0.363. The summed E-state index contributed by atoms with van der Waals surface area (Å²) in [7, 11) is 0. The molecular weight excluding hydrogens is 139 g/mol. The van der Waals surface area contributed by atoms with Gasteiger partial charge in [-0.1, -0.05) is 0 Å². The van der Waals surface area contributed by atoms with E-state index in [0.717, 1.165) is 0 Å². The molecule has 1 aliphatic heterocycles. The van der Waals surface area contributed by atoms with Crippen LogP contribution in [0.25, 0.3) is 0 Å². The minimum atomic E-state index is -0.735. The van der Waals surface area contributed by atoms with E-state index in [9.17, 15) is 4.79 Å². The van der Waals surface area contributed by atoms with E-state index in [2.05, 4.69) is 0 Å². The Kier molecular flexibility index (Phi) is 3.63. The average Bonchev–Trinajstić information content (AvgIpc) is 1.57. The van der Waals surface area contributed by atoms with Crippen LogP contribution < -0.4 is 0 Å². The van der Waals surface area contributed by atoms with Crippen molar-refractivity contribution in [2.75, 3.05) is 13.2 Å². The third kappa shape index (κ3) is 1.99. The van der Waals surface area contributed by atoms with E-state index in [1.807, 2.05) is 0 Å². The summed E-state index contributed by atoms with van der Waals surface area (Å²) in [5.74, 6) is -0.536. The van der Waals surface area contributed by atoms with Crippen molar-refractivity contribution in [1.82, 2.24) is 0 Å². The van der Waals surface area contributed by atoms with Crippen molar-refractivity contribution >= 4 is 24.8 Å². The number of aliphatic carboxylic acids is 1. The summed E-state index contributed by atoms with van der Waals surface area (Å²) in [6.07, 6.45) is 0. The van der Waals surface area contributed by atoms with Gasteiger partial charge in [0.05, 0.1) is 18.6 Å². The van der Waals surface area contributed by atoms with Crippen LogP contribution in [-0.4, -0.2) is 43.2 Å². The number of carboxylic acid groups (broad SMARTS) is 1. The van der Waals surface area contributed by atoms with Crippen LogP contribution in [-0.2, 0) is 9.53 Å². The SMILES string of the molecule is CC(C)(C(=O)O)C1COC1.[Li]. The Labute approximate surface area is 78.3 Å². The van der Waals surface area contributed by atoms with Gasteiger partial charge in [0.25, 0.3) is 0 Å². The molecule has 11 heavy (non-hydrogen) atoms. The molecule has 0 aromatic heterocycles. The van der Waals surface area contributed by atoms with Crippen molar-refractivity contribution in [2.45, 2.75) is 13.8 Å². The second-order valence-corrected chi connectivity index (χ2v) is 3.26. The van der Waals surface area contributed by atoms with Crippen molar-refractivity contribution < 1.29 is 14.6 Å². The van der Waals surface area contributed by atoms with Crippen LogP contribution in [0.4, 0.5) is 0 Å². The molecule has 0 aliphatic carbocycles. The molecule has 1 fully saturated rings. The Morgan fingerprint density at radius 2 is 2.00 bits per heavy atom. The van der Waals surface area contributed by atoms with Crippen molar-refractivity contribution in [1.29, 1.82) is 0 Å². The Balaban J connectivity index is 0.000001000. The summed E-state index contributed by atoms with van der Waals surface area (Å²) in [4.78, 5) is 10.6. The number of ether oxygens (including phenoxy) is 1. The molecule has 59 valence electrons. The molecule has 3 nitrogen and oxygen atoms in total. The normalized spacial score (nSPS) is 18.4. The minimum Gasteiger partial charge on any atom is -0.481 e. The molecule has 0 unspecified atom stereocenters. The molecule has 0 aromatic rings. The average molecular weight is 151 g/mol. The van der Waals surface area contributed by atoms with E-state index in [-0.39, 0.29) is 24.8 Å². The van der Waals surface area contributed by atoms with Gasteiger partial charge >= 0.3 is 5.97 Å². The van der Waals surface area contributed by atoms with E-state index in [1.54, 1.807) is 13.8 Å². The fourth-order valence-electron chi connectivity index (χ4n) is 0.827. The Morgan fingerprint density at radius 1 is 1.55 bits per heavy atom. The first-order valence-electron chi connectivity index (χ1n) is 3.36. The van der Waals surface area contributed by atoms with Gasteiger partial charge in [-0.25, -0.2) is 0 Å². The van der Waals surface area contributed by atoms with Crippen LogP contribution in [0.1, 0.15) is 13.8 Å². The van der Waals surface area contributed by atoms with Gasteiger partial charge in [0.15, 0.2) is 0 Å². The number of hydrogen-bond acceptors (Lipinski definition) is 2. The third-order valence-electron chi connectivity index (χ3n) is 2.21. The fourth-order valence-corrected chi connectivity index (χ4v) is 0.827. The summed E-state index contributed by atoms with van der Waals surface area (Å²) in [5, 5.41) is 8.72. The van der Waals surface area contributed by atoms with Crippen LogP contribution >= 0.6 is 0 Å². The van der Waals surface area contributed by atoms with Gasteiger partial charge in [-0.05, 0) is 13.8 Å². The first-order chi connectivity index (χ1) is 4.55. The molecule has 1 saturated heterocycles. The maximum absolute atomic E-state index is 10.6. The van der Waals surface area contributed by atoms with E-state index >= 15 is 0 Å². The molecule has 1 N–H and O–H groups in total. The van der Waals surface area contributed by atoms with Crippen LogP contribution in [0.2, 0.25) is 0 Å². The maximum atomic E-state index is 10.6. The summed E-state index contributed by atoms with van der Waals surface area (Å²) >= 11 is 0. The van der Waals surface area contributed by atoms with E-state index in [4.69, 9.17) is 9.84 Å². The number of rotatable bonds is 2. The standard InChI is InChI=1S/C7H12O3.Li/c1-7(2,6(8)9)5-3-10-4-5;/h5H,3-4H2,1-2H3,(H,8,9);. The maximum Gasteiger partial charge on any atom is 0.309 e. The van der Waals surface area contributed by atoms with Crippen molar-refractivity contribution in [3.63, 3.8) is 0 Å². The zero-order valence-corrected chi connectivity index (χ0v) is 7.26. The van der Waals surface area contributed by atoms with Crippen molar-refractivity contribution in [3.8, 4) is 0 Å². The molecule has 1 rings (SSSR count). The summed E-state index contributed by atoms with van der Waals surface area (Å²) in [6.45, 7) is 4.67. The number of carboxylic acids is 1. The molecule has 1 aliphatic rings. The Morgan fingerprint density at radius 3 is 2.09 bits per heavy atom. The van der Waals surface area contributed by atoms with Crippen molar-refractivity contribution in [2.24, 2.45) is 11.3 Å². The second kappa shape index (κ2) is 3.62. The minimum absolute atomic E-state index is 0. The molecular formula is C7H12LiO3. The molecule has 0 amide bonds. The topological polar surface area (TPSA) is 46.5 Å².